The second-order valence-corrected chi connectivity index (χ2v) is 4.58. The van der Waals surface area contributed by atoms with E-state index >= 15 is 0 Å². The Balaban J connectivity index is 2.17. The fourth-order valence-electron chi connectivity index (χ4n) is 1.71. The van der Waals surface area contributed by atoms with Gasteiger partial charge in [0.05, 0.1) is 0 Å². The van der Waals surface area contributed by atoms with Gasteiger partial charge in [-0.2, -0.15) is 4.39 Å². The number of benzene rings is 1. The number of carbonyl (C=O) groups is 1. The van der Waals surface area contributed by atoms with Gasteiger partial charge in [0.1, 0.15) is 5.69 Å². The van der Waals surface area contributed by atoms with Gasteiger partial charge >= 0.3 is 0 Å². The molecule has 0 saturated heterocycles. The van der Waals surface area contributed by atoms with E-state index in [2.05, 4.69) is 24.1 Å². The number of nitrogens with zero attached hydrogens (tertiary/aromatic N) is 1. The molecule has 1 amide bonds. The van der Waals surface area contributed by atoms with E-state index in [4.69, 9.17) is 0 Å². The summed E-state index contributed by atoms with van der Waals surface area (Å²) in [5.74, 6) is -0.701. The predicted octanol–water partition coefficient (Wildman–Crippen LogP) is 3.60. The first-order valence-corrected chi connectivity index (χ1v) is 6.10. The number of carbonyl (C=O) groups excluding carboxylic acids is 1. The molecule has 2 aromatic rings. The van der Waals surface area contributed by atoms with Crippen molar-refractivity contribution in [3.05, 3.63) is 59.7 Å². The Morgan fingerprint density at radius 2 is 1.95 bits per heavy atom. The molecule has 1 aromatic heterocycles. The van der Waals surface area contributed by atoms with Crippen LogP contribution in [0, 0.1) is 5.95 Å². The van der Waals surface area contributed by atoms with Crippen LogP contribution in [0.5, 0.6) is 0 Å². The van der Waals surface area contributed by atoms with Gasteiger partial charge in [-0.3, -0.25) is 4.79 Å². The summed E-state index contributed by atoms with van der Waals surface area (Å²) >= 11 is 0. The highest BCUT2D eigenvalue weighted by atomic mass is 19.1. The molecule has 0 radical (unpaired) electrons. The smallest absolute Gasteiger partial charge is 0.274 e. The Morgan fingerprint density at radius 3 is 2.63 bits per heavy atom. The van der Waals surface area contributed by atoms with Crippen LogP contribution in [0.2, 0.25) is 0 Å². The Bertz CT molecular complexity index is 596. The van der Waals surface area contributed by atoms with E-state index in [0.29, 0.717) is 11.6 Å². The molecule has 0 unspecified atom stereocenters. The van der Waals surface area contributed by atoms with Crippen molar-refractivity contribution in [1.82, 2.24) is 4.98 Å². The van der Waals surface area contributed by atoms with Gasteiger partial charge in [0.2, 0.25) is 5.95 Å². The molecule has 0 aliphatic rings. The van der Waals surface area contributed by atoms with Gasteiger partial charge < -0.3 is 5.32 Å². The van der Waals surface area contributed by atoms with Crippen molar-refractivity contribution in [2.45, 2.75) is 19.8 Å². The molecule has 0 saturated carbocycles. The SMILES string of the molecule is CC(C)c1cccc(NC(=O)c2cccc(F)n2)c1. The molecule has 0 aliphatic heterocycles. The van der Waals surface area contributed by atoms with Crippen molar-refractivity contribution in [1.29, 1.82) is 0 Å². The zero-order valence-electron chi connectivity index (χ0n) is 10.9. The zero-order chi connectivity index (χ0) is 13.8. The maximum atomic E-state index is 12.9. The van der Waals surface area contributed by atoms with Crippen LogP contribution in [0.1, 0.15) is 35.8 Å². The molecule has 1 heterocycles. The fourth-order valence-corrected chi connectivity index (χ4v) is 1.71. The van der Waals surface area contributed by atoms with Crippen molar-refractivity contribution < 1.29 is 9.18 Å². The number of aromatic nitrogens is 1. The third kappa shape index (κ3) is 3.37. The molecule has 0 aliphatic carbocycles. The van der Waals surface area contributed by atoms with Crippen molar-refractivity contribution in [2.75, 3.05) is 5.32 Å². The van der Waals surface area contributed by atoms with Crippen molar-refractivity contribution >= 4 is 11.6 Å². The molecule has 0 fully saturated rings. The van der Waals surface area contributed by atoms with Gasteiger partial charge in [-0.05, 0) is 35.7 Å². The Kier molecular flexibility index (Phi) is 3.90. The van der Waals surface area contributed by atoms with E-state index in [1.54, 1.807) is 6.07 Å². The molecule has 98 valence electrons. The number of pyridine rings is 1. The average Bonchev–Trinajstić information content (AvgIpc) is 2.39. The topological polar surface area (TPSA) is 42.0 Å². The lowest BCUT2D eigenvalue weighted by Crippen LogP contribution is -2.14. The molecule has 2 rings (SSSR count). The normalized spacial score (nSPS) is 10.5. The van der Waals surface area contributed by atoms with Crippen LogP contribution in [0.15, 0.2) is 42.5 Å². The molecule has 19 heavy (non-hydrogen) atoms. The van der Waals surface area contributed by atoms with Crippen LogP contribution in [-0.2, 0) is 0 Å². The Hall–Kier alpha value is -2.23. The molecule has 4 heteroatoms. The van der Waals surface area contributed by atoms with Crippen molar-refractivity contribution in [2.24, 2.45) is 0 Å². The zero-order valence-corrected chi connectivity index (χ0v) is 10.9. The molecular weight excluding hydrogens is 243 g/mol. The van der Waals surface area contributed by atoms with E-state index in [9.17, 15) is 9.18 Å². The number of halogens is 1. The molecule has 0 bridgehead atoms. The van der Waals surface area contributed by atoms with Gasteiger partial charge in [-0.25, -0.2) is 4.98 Å². The third-order valence-electron chi connectivity index (χ3n) is 2.76. The van der Waals surface area contributed by atoms with Crippen LogP contribution >= 0.6 is 0 Å². The molecule has 1 N–H and O–H groups in total. The Labute approximate surface area is 111 Å². The van der Waals surface area contributed by atoms with Crippen LogP contribution in [0.25, 0.3) is 0 Å². The summed E-state index contributed by atoms with van der Waals surface area (Å²) in [6.07, 6.45) is 0. The lowest BCUT2D eigenvalue weighted by molar-refractivity contribution is 0.102. The second kappa shape index (κ2) is 5.61. The van der Waals surface area contributed by atoms with Gasteiger partial charge in [0.25, 0.3) is 5.91 Å². The minimum atomic E-state index is -0.663. The molecule has 3 nitrogen and oxygen atoms in total. The second-order valence-electron chi connectivity index (χ2n) is 4.58. The van der Waals surface area contributed by atoms with Gasteiger partial charge in [-0.15, -0.1) is 0 Å². The lowest BCUT2D eigenvalue weighted by Gasteiger charge is -2.09. The highest BCUT2D eigenvalue weighted by Gasteiger charge is 2.09. The summed E-state index contributed by atoms with van der Waals surface area (Å²) in [7, 11) is 0. The third-order valence-corrected chi connectivity index (χ3v) is 2.76. The average molecular weight is 258 g/mol. The quantitative estimate of drug-likeness (QED) is 0.855. The van der Waals surface area contributed by atoms with E-state index in [1.807, 2.05) is 18.2 Å². The number of hydrogen-bond acceptors (Lipinski definition) is 2. The van der Waals surface area contributed by atoms with E-state index in [1.165, 1.54) is 18.2 Å². The van der Waals surface area contributed by atoms with Crippen molar-refractivity contribution in [3.8, 4) is 0 Å². The fraction of sp³-hybridized carbons (Fsp3) is 0.200. The first-order valence-electron chi connectivity index (χ1n) is 6.10. The Morgan fingerprint density at radius 1 is 1.21 bits per heavy atom. The van der Waals surface area contributed by atoms with Crippen LogP contribution in [-0.4, -0.2) is 10.9 Å². The standard InChI is InChI=1S/C15H15FN2O/c1-10(2)11-5-3-6-12(9-11)17-15(19)13-7-4-8-14(16)18-13/h3-10H,1-2H3,(H,17,19). The number of hydrogen-bond donors (Lipinski definition) is 1. The minimum absolute atomic E-state index is 0.0648. The summed E-state index contributed by atoms with van der Waals surface area (Å²) in [5, 5.41) is 2.71. The summed E-state index contributed by atoms with van der Waals surface area (Å²) in [6.45, 7) is 4.16. The number of nitrogens with one attached hydrogen (secondary N) is 1. The minimum Gasteiger partial charge on any atom is -0.321 e. The predicted molar refractivity (Wildman–Crippen MR) is 72.7 cm³/mol. The van der Waals surface area contributed by atoms with Crippen molar-refractivity contribution in [3.63, 3.8) is 0 Å². The maximum absolute atomic E-state index is 12.9. The van der Waals surface area contributed by atoms with Gasteiger partial charge in [0, 0.05) is 5.69 Å². The van der Waals surface area contributed by atoms with Crippen LogP contribution in [0.3, 0.4) is 0 Å². The monoisotopic (exact) mass is 258 g/mol. The lowest BCUT2D eigenvalue weighted by atomic mass is 10.0. The first kappa shape index (κ1) is 13.2. The summed E-state index contributed by atoms with van der Waals surface area (Å²) in [6, 6.07) is 11.7. The summed E-state index contributed by atoms with van der Waals surface area (Å²) < 4.78 is 12.9. The van der Waals surface area contributed by atoms with E-state index in [-0.39, 0.29) is 5.69 Å². The van der Waals surface area contributed by atoms with Gasteiger partial charge in [-0.1, -0.05) is 32.0 Å². The highest BCUT2D eigenvalue weighted by Crippen LogP contribution is 2.18. The maximum Gasteiger partial charge on any atom is 0.274 e. The largest absolute Gasteiger partial charge is 0.321 e. The molecule has 1 aromatic carbocycles. The molecular formula is C15H15FN2O. The van der Waals surface area contributed by atoms with E-state index < -0.39 is 11.9 Å². The summed E-state index contributed by atoms with van der Waals surface area (Å²) in [5.41, 5.74) is 1.88. The molecule has 0 atom stereocenters. The molecule has 0 spiro atoms. The van der Waals surface area contributed by atoms with Crippen LogP contribution < -0.4 is 5.32 Å². The van der Waals surface area contributed by atoms with E-state index in [0.717, 1.165) is 5.56 Å². The highest BCUT2D eigenvalue weighted by molar-refractivity contribution is 6.02. The number of amides is 1. The van der Waals surface area contributed by atoms with Crippen LogP contribution in [0.4, 0.5) is 10.1 Å². The number of rotatable bonds is 3. The number of anilines is 1. The summed E-state index contributed by atoms with van der Waals surface area (Å²) in [4.78, 5) is 15.5. The van der Waals surface area contributed by atoms with Gasteiger partial charge in [0.15, 0.2) is 0 Å². The first-order chi connectivity index (χ1) is 9.06.